The zero-order valence-corrected chi connectivity index (χ0v) is 14.4. The zero-order valence-electron chi connectivity index (χ0n) is 14.4. The molecule has 0 saturated carbocycles. The van der Waals surface area contributed by atoms with Crippen molar-refractivity contribution in [3.63, 3.8) is 0 Å². The molecule has 1 aliphatic rings. The standard InChI is InChI=1S/C17H22N4O4/c1-11-14(17(23)24-2)8-13(25-11)10-19-16(22)15-5-7-21(20-15)12-4-3-6-18-9-12/h5,7-8,12,18H,3-4,6,9-10H2,1-2H3,(H,19,22). The second kappa shape index (κ2) is 7.52. The lowest BCUT2D eigenvalue weighted by Gasteiger charge is -2.22. The molecular formula is C17H22N4O4. The van der Waals surface area contributed by atoms with Gasteiger partial charge in [0.15, 0.2) is 0 Å². The molecule has 1 amide bonds. The van der Waals surface area contributed by atoms with Crippen molar-refractivity contribution >= 4 is 11.9 Å². The van der Waals surface area contributed by atoms with Gasteiger partial charge in [-0.25, -0.2) is 4.79 Å². The van der Waals surface area contributed by atoms with Crippen molar-refractivity contribution in [3.05, 3.63) is 41.1 Å². The number of carbonyl (C=O) groups is 2. The minimum atomic E-state index is -0.460. The van der Waals surface area contributed by atoms with Gasteiger partial charge in [-0.3, -0.25) is 9.48 Å². The predicted octanol–water partition coefficient (Wildman–Crippen LogP) is 1.43. The first-order chi connectivity index (χ1) is 12.1. The number of nitrogens with one attached hydrogen (secondary N) is 2. The van der Waals surface area contributed by atoms with Crippen molar-refractivity contribution in [1.82, 2.24) is 20.4 Å². The molecule has 2 N–H and O–H groups in total. The van der Waals surface area contributed by atoms with Gasteiger partial charge in [-0.2, -0.15) is 5.10 Å². The maximum Gasteiger partial charge on any atom is 0.341 e. The Hall–Kier alpha value is -2.61. The first kappa shape index (κ1) is 17.2. The van der Waals surface area contributed by atoms with Gasteiger partial charge in [0.1, 0.15) is 22.8 Å². The van der Waals surface area contributed by atoms with Crippen LogP contribution >= 0.6 is 0 Å². The van der Waals surface area contributed by atoms with Crippen molar-refractivity contribution in [3.8, 4) is 0 Å². The molecule has 0 spiro atoms. The second-order valence-electron chi connectivity index (χ2n) is 6.04. The summed E-state index contributed by atoms with van der Waals surface area (Å²) in [6, 6.07) is 3.57. The number of esters is 1. The zero-order chi connectivity index (χ0) is 17.8. The van der Waals surface area contributed by atoms with Gasteiger partial charge in [0.2, 0.25) is 0 Å². The summed E-state index contributed by atoms with van der Waals surface area (Å²) in [6.07, 6.45) is 3.99. The number of methoxy groups -OCH3 is 1. The molecule has 1 unspecified atom stereocenters. The van der Waals surface area contributed by atoms with E-state index in [1.165, 1.54) is 7.11 Å². The van der Waals surface area contributed by atoms with Gasteiger partial charge >= 0.3 is 5.97 Å². The molecule has 0 aromatic carbocycles. The smallest absolute Gasteiger partial charge is 0.341 e. The first-order valence-electron chi connectivity index (χ1n) is 8.30. The Morgan fingerprint density at radius 3 is 3.08 bits per heavy atom. The third kappa shape index (κ3) is 3.90. The second-order valence-corrected chi connectivity index (χ2v) is 6.04. The van der Waals surface area contributed by atoms with E-state index in [2.05, 4.69) is 20.5 Å². The molecule has 134 valence electrons. The molecular weight excluding hydrogens is 324 g/mol. The Bertz CT molecular complexity index is 759. The largest absolute Gasteiger partial charge is 0.465 e. The van der Waals surface area contributed by atoms with Gasteiger partial charge in [-0.05, 0) is 38.4 Å². The normalized spacial score (nSPS) is 17.3. The molecule has 2 aromatic rings. The fourth-order valence-electron chi connectivity index (χ4n) is 2.92. The Kier molecular flexibility index (Phi) is 5.18. The van der Waals surface area contributed by atoms with Crippen LogP contribution in [0.3, 0.4) is 0 Å². The summed E-state index contributed by atoms with van der Waals surface area (Å²) in [4.78, 5) is 23.8. The Balaban J connectivity index is 1.59. The van der Waals surface area contributed by atoms with Crippen LogP contribution in [0, 0.1) is 6.92 Å². The van der Waals surface area contributed by atoms with Crippen LogP contribution < -0.4 is 10.6 Å². The van der Waals surface area contributed by atoms with Crippen molar-refractivity contribution < 1.29 is 18.7 Å². The molecule has 3 rings (SSSR count). The summed E-state index contributed by atoms with van der Waals surface area (Å²) in [5, 5.41) is 10.5. The number of ether oxygens (including phenoxy) is 1. The molecule has 0 aliphatic carbocycles. The van der Waals surface area contributed by atoms with Crippen LogP contribution in [0.1, 0.15) is 51.3 Å². The molecule has 1 aliphatic heterocycles. The minimum absolute atomic E-state index is 0.175. The van der Waals surface area contributed by atoms with Crippen molar-refractivity contribution in [2.24, 2.45) is 0 Å². The molecule has 0 radical (unpaired) electrons. The summed E-state index contributed by atoms with van der Waals surface area (Å²) in [5.74, 6) is 0.210. The van der Waals surface area contributed by atoms with Gasteiger partial charge < -0.3 is 19.8 Å². The molecule has 1 atom stereocenters. The Labute approximate surface area is 145 Å². The molecule has 25 heavy (non-hydrogen) atoms. The van der Waals surface area contributed by atoms with E-state index < -0.39 is 5.97 Å². The summed E-state index contributed by atoms with van der Waals surface area (Å²) in [7, 11) is 1.31. The highest BCUT2D eigenvalue weighted by Gasteiger charge is 2.19. The highest BCUT2D eigenvalue weighted by molar-refractivity contribution is 5.92. The van der Waals surface area contributed by atoms with Gasteiger partial charge in [-0.1, -0.05) is 0 Å². The number of hydrogen-bond acceptors (Lipinski definition) is 6. The van der Waals surface area contributed by atoms with E-state index in [4.69, 9.17) is 4.42 Å². The minimum Gasteiger partial charge on any atom is -0.465 e. The lowest BCUT2D eigenvalue weighted by molar-refractivity contribution is 0.0598. The van der Waals surface area contributed by atoms with Crippen LogP contribution in [0.5, 0.6) is 0 Å². The highest BCUT2D eigenvalue weighted by atomic mass is 16.5. The first-order valence-corrected chi connectivity index (χ1v) is 8.30. The number of nitrogens with zero attached hydrogens (tertiary/aromatic N) is 2. The number of aryl methyl sites for hydroxylation is 1. The monoisotopic (exact) mass is 346 g/mol. The van der Waals surface area contributed by atoms with Crippen molar-refractivity contribution in [2.45, 2.75) is 32.4 Å². The van der Waals surface area contributed by atoms with E-state index in [9.17, 15) is 9.59 Å². The molecule has 3 heterocycles. The maximum absolute atomic E-state index is 12.3. The summed E-state index contributed by atoms with van der Waals surface area (Å²) in [6.45, 7) is 3.75. The van der Waals surface area contributed by atoms with E-state index >= 15 is 0 Å². The fraction of sp³-hybridized carbons (Fsp3) is 0.471. The molecule has 1 saturated heterocycles. The van der Waals surface area contributed by atoms with E-state index in [-0.39, 0.29) is 18.5 Å². The average Bonchev–Trinajstić information content (AvgIpc) is 3.27. The Morgan fingerprint density at radius 1 is 1.52 bits per heavy atom. The number of hydrogen-bond donors (Lipinski definition) is 2. The highest BCUT2D eigenvalue weighted by Crippen LogP contribution is 2.17. The van der Waals surface area contributed by atoms with Crippen molar-refractivity contribution in [2.75, 3.05) is 20.2 Å². The number of carbonyl (C=O) groups excluding carboxylic acids is 2. The van der Waals surface area contributed by atoms with Crippen LogP contribution in [0.15, 0.2) is 22.7 Å². The summed E-state index contributed by atoms with van der Waals surface area (Å²) >= 11 is 0. The van der Waals surface area contributed by atoms with Gasteiger partial charge in [-0.15, -0.1) is 0 Å². The molecule has 8 heteroatoms. The third-order valence-corrected chi connectivity index (χ3v) is 4.28. The number of rotatable bonds is 5. The topological polar surface area (TPSA) is 98.4 Å². The lowest BCUT2D eigenvalue weighted by atomic mass is 10.1. The average molecular weight is 346 g/mol. The SMILES string of the molecule is COC(=O)c1cc(CNC(=O)c2ccn(C3CCCNC3)n2)oc1C. The third-order valence-electron chi connectivity index (χ3n) is 4.28. The molecule has 1 fully saturated rings. The number of aromatic nitrogens is 2. The molecule has 2 aromatic heterocycles. The molecule has 8 nitrogen and oxygen atoms in total. The van der Waals surface area contributed by atoms with Gasteiger partial charge in [0.05, 0.1) is 19.7 Å². The van der Waals surface area contributed by atoms with Crippen LogP contribution in [-0.2, 0) is 11.3 Å². The van der Waals surface area contributed by atoms with E-state index in [0.717, 1.165) is 25.9 Å². The number of amides is 1. The van der Waals surface area contributed by atoms with Gasteiger partial charge in [0, 0.05) is 12.7 Å². The van der Waals surface area contributed by atoms with E-state index in [1.807, 2.05) is 10.9 Å². The van der Waals surface area contributed by atoms with Crippen LogP contribution in [0.25, 0.3) is 0 Å². The quantitative estimate of drug-likeness (QED) is 0.795. The number of piperidine rings is 1. The van der Waals surface area contributed by atoms with E-state index in [0.29, 0.717) is 22.8 Å². The Morgan fingerprint density at radius 2 is 2.36 bits per heavy atom. The molecule has 0 bridgehead atoms. The summed E-state index contributed by atoms with van der Waals surface area (Å²) < 4.78 is 12.0. The summed E-state index contributed by atoms with van der Waals surface area (Å²) in [5.41, 5.74) is 0.725. The van der Waals surface area contributed by atoms with Crippen LogP contribution in [0.4, 0.5) is 0 Å². The van der Waals surface area contributed by atoms with Crippen LogP contribution in [0.2, 0.25) is 0 Å². The van der Waals surface area contributed by atoms with Gasteiger partial charge in [0.25, 0.3) is 5.91 Å². The predicted molar refractivity (Wildman–Crippen MR) is 89.3 cm³/mol. The lowest BCUT2D eigenvalue weighted by Crippen LogP contribution is -2.32. The fourth-order valence-corrected chi connectivity index (χ4v) is 2.92. The van der Waals surface area contributed by atoms with Crippen molar-refractivity contribution in [1.29, 1.82) is 0 Å². The maximum atomic E-state index is 12.3. The number of furan rings is 1. The van der Waals surface area contributed by atoms with Crippen LogP contribution in [-0.4, -0.2) is 41.9 Å². The van der Waals surface area contributed by atoms with E-state index in [1.54, 1.807) is 19.1 Å².